The van der Waals surface area contributed by atoms with Gasteiger partial charge in [-0.2, -0.15) is 0 Å². The van der Waals surface area contributed by atoms with Gasteiger partial charge in [0.05, 0.1) is 12.2 Å². The van der Waals surface area contributed by atoms with Crippen LogP contribution >= 0.6 is 0 Å². The van der Waals surface area contributed by atoms with Gasteiger partial charge in [0.1, 0.15) is 0 Å². The molecule has 1 saturated carbocycles. The number of hydrogen-bond donors (Lipinski definition) is 1. The Balaban J connectivity index is 1.33. The summed E-state index contributed by atoms with van der Waals surface area (Å²) in [6.45, 7) is 8.16. The van der Waals surface area contributed by atoms with Crippen LogP contribution in [0.25, 0.3) is 0 Å². The maximum Gasteiger partial charge on any atom is 0.0707 e. The van der Waals surface area contributed by atoms with Crippen LogP contribution in [0.2, 0.25) is 0 Å². The molecule has 3 aliphatic rings. The van der Waals surface area contributed by atoms with Crippen LogP contribution < -0.4 is 5.32 Å². The van der Waals surface area contributed by atoms with E-state index >= 15 is 0 Å². The summed E-state index contributed by atoms with van der Waals surface area (Å²) in [5.41, 5.74) is 0. The molecular weight excluding hydrogens is 262 g/mol. The summed E-state index contributed by atoms with van der Waals surface area (Å²) in [6, 6.07) is 1.58. The Kier molecular flexibility index (Phi) is 5.54. The largest absolute Gasteiger partial charge is 0.372 e. The van der Waals surface area contributed by atoms with Gasteiger partial charge in [-0.05, 0) is 58.7 Å². The van der Waals surface area contributed by atoms with Crippen molar-refractivity contribution < 1.29 is 4.74 Å². The van der Waals surface area contributed by atoms with E-state index in [4.69, 9.17) is 4.74 Å². The molecule has 3 unspecified atom stereocenters. The van der Waals surface area contributed by atoms with Gasteiger partial charge < -0.3 is 15.0 Å². The highest BCUT2D eigenvalue weighted by molar-refractivity contribution is 4.85. The monoisotopic (exact) mass is 295 g/mol. The van der Waals surface area contributed by atoms with Gasteiger partial charge in [0.2, 0.25) is 0 Å². The van der Waals surface area contributed by atoms with Crippen molar-refractivity contribution in [1.29, 1.82) is 0 Å². The van der Waals surface area contributed by atoms with Crippen molar-refractivity contribution >= 4 is 0 Å². The molecule has 3 rings (SSSR count). The molecule has 0 radical (unpaired) electrons. The van der Waals surface area contributed by atoms with Crippen LogP contribution in [0, 0.1) is 0 Å². The second-order valence-corrected chi connectivity index (χ2v) is 7.29. The quantitative estimate of drug-likeness (QED) is 0.738. The van der Waals surface area contributed by atoms with E-state index < -0.39 is 0 Å². The summed E-state index contributed by atoms with van der Waals surface area (Å²) in [6.07, 6.45) is 8.88. The molecule has 3 atom stereocenters. The Morgan fingerprint density at radius 1 is 1.10 bits per heavy atom. The van der Waals surface area contributed by atoms with Crippen LogP contribution in [-0.4, -0.2) is 73.9 Å². The van der Waals surface area contributed by atoms with Gasteiger partial charge in [-0.25, -0.2) is 0 Å². The number of likely N-dealkylation sites (N-methyl/N-ethyl adjacent to an activating group) is 2. The van der Waals surface area contributed by atoms with Gasteiger partial charge in [0.25, 0.3) is 0 Å². The van der Waals surface area contributed by atoms with E-state index in [-0.39, 0.29) is 0 Å². The van der Waals surface area contributed by atoms with E-state index in [1.165, 1.54) is 58.2 Å². The van der Waals surface area contributed by atoms with Gasteiger partial charge in [0.15, 0.2) is 0 Å². The summed E-state index contributed by atoms with van der Waals surface area (Å²) < 4.78 is 6.21. The van der Waals surface area contributed by atoms with E-state index in [1.807, 2.05) is 0 Å². The Morgan fingerprint density at radius 3 is 2.67 bits per heavy atom. The van der Waals surface area contributed by atoms with Crippen LogP contribution in [0.15, 0.2) is 0 Å². The first-order valence-corrected chi connectivity index (χ1v) is 9.06. The zero-order chi connectivity index (χ0) is 14.7. The molecule has 0 spiro atoms. The minimum Gasteiger partial charge on any atom is -0.372 e. The Labute approximate surface area is 130 Å². The fourth-order valence-electron chi connectivity index (χ4n) is 3.95. The second kappa shape index (κ2) is 7.40. The molecule has 3 fully saturated rings. The lowest BCUT2D eigenvalue weighted by Gasteiger charge is -2.29. The minimum atomic E-state index is 0.456. The number of nitrogens with zero attached hydrogens (tertiary/aromatic N) is 2. The Bertz CT molecular complexity index is 321. The van der Waals surface area contributed by atoms with Crippen molar-refractivity contribution in [1.82, 2.24) is 15.1 Å². The third-order valence-electron chi connectivity index (χ3n) is 5.35. The maximum absolute atomic E-state index is 6.21. The van der Waals surface area contributed by atoms with E-state index in [0.29, 0.717) is 12.2 Å². The molecule has 21 heavy (non-hydrogen) atoms. The fraction of sp³-hybridized carbons (Fsp3) is 1.00. The summed E-state index contributed by atoms with van der Waals surface area (Å²) in [5.74, 6) is 0. The molecule has 2 heterocycles. The molecular formula is C17H33N3O. The topological polar surface area (TPSA) is 27.7 Å². The molecule has 1 N–H and O–H groups in total. The zero-order valence-electron chi connectivity index (χ0n) is 13.9. The van der Waals surface area contributed by atoms with Crippen LogP contribution in [0.3, 0.4) is 0 Å². The highest BCUT2D eigenvalue weighted by Gasteiger charge is 2.30. The van der Waals surface area contributed by atoms with E-state index in [0.717, 1.165) is 25.2 Å². The SMILES string of the molecule is CCN1CCCC1CN(C)CC1CCC(CNC2CC2)O1. The smallest absolute Gasteiger partial charge is 0.0707 e. The van der Waals surface area contributed by atoms with Crippen LogP contribution in [0.5, 0.6) is 0 Å². The molecule has 122 valence electrons. The van der Waals surface area contributed by atoms with Crippen molar-refractivity contribution in [2.24, 2.45) is 0 Å². The molecule has 0 amide bonds. The number of hydrogen-bond acceptors (Lipinski definition) is 4. The summed E-state index contributed by atoms with van der Waals surface area (Å²) in [7, 11) is 2.27. The molecule has 2 saturated heterocycles. The van der Waals surface area contributed by atoms with Gasteiger partial charge in [-0.1, -0.05) is 6.92 Å². The molecule has 2 aliphatic heterocycles. The highest BCUT2D eigenvalue weighted by atomic mass is 16.5. The number of rotatable bonds is 8. The first kappa shape index (κ1) is 15.7. The molecule has 1 aliphatic carbocycles. The standard InChI is InChI=1S/C17H33N3O/c1-3-20-10-4-5-15(20)12-19(2)13-17-9-8-16(21-17)11-18-14-6-7-14/h14-18H,3-13H2,1-2H3. The van der Waals surface area contributed by atoms with Gasteiger partial charge in [-0.15, -0.1) is 0 Å². The molecule has 0 aromatic carbocycles. The Morgan fingerprint density at radius 2 is 1.90 bits per heavy atom. The van der Waals surface area contributed by atoms with Crippen molar-refractivity contribution in [2.45, 2.75) is 69.7 Å². The molecule has 0 bridgehead atoms. The Hall–Kier alpha value is -0.160. The summed E-state index contributed by atoms with van der Waals surface area (Å²) in [5, 5.41) is 3.60. The van der Waals surface area contributed by atoms with E-state index in [9.17, 15) is 0 Å². The second-order valence-electron chi connectivity index (χ2n) is 7.29. The van der Waals surface area contributed by atoms with Crippen LogP contribution in [0.4, 0.5) is 0 Å². The summed E-state index contributed by atoms with van der Waals surface area (Å²) >= 11 is 0. The van der Waals surface area contributed by atoms with Crippen molar-refractivity contribution in [3.63, 3.8) is 0 Å². The predicted molar refractivity (Wildman–Crippen MR) is 86.7 cm³/mol. The molecule has 0 aromatic rings. The summed E-state index contributed by atoms with van der Waals surface area (Å²) in [4.78, 5) is 5.13. The average Bonchev–Trinajstić information content (AvgIpc) is 3.02. The first-order chi connectivity index (χ1) is 10.2. The lowest BCUT2D eigenvalue weighted by Crippen LogP contribution is -2.41. The van der Waals surface area contributed by atoms with Crippen molar-refractivity contribution in [3.8, 4) is 0 Å². The minimum absolute atomic E-state index is 0.456. The average molecular weight is 295 g/mol. The van der Waals surface area contributed by atoms with Crippen LogP contribution in [-0.2, 0) is 4.74 Å². The van der Waals surface area contributed by atoms with E-state index in [1.54, 1.807) is 0 Å². The maximum atomic E-state index is 6.21. The third-order valence-corrected chi connectivity index (χ3v) is 5.35. The van der Waals surface area contributed by atoms with E-state index in [2.05, 4.69) is 29.1 Å². The molecule has 4 nitrogen and oxygen atoms in total. The lowest BCUT2D eigenvalue weighted by molar-refractivity contribution is 0.0243. The zero-order valence-corrected chi connectivity index (χ0v) is 13.9. The fourth-order valence-corrected chi connectivity index (χ4v) is 3.95. The highest BCUT2D eigenvalue weighted by Crippen LogP contribution is 2.23. The van der Waals surface area contributed by atoms with Gasteiger partial charge in [0, 0.05) is 31.7 Å². The lowest BCUT2D eigenvalue weighted by atomic mass is 10.1. The van der Waals surface area contributed by atoms with Gasteiger partial charge in [-0.3, -0.25) is 4.90 Å². The predicted octanol–water partition coefficient (Wildman–Crippen LogP) is 1.70. The van der Waals surface area contributed by atoms with Crippen LogP contribution in [0.1, 0.15) is 45.4 Å². The van der Waals surface area contributed by atoms with Crippen molar-refractivity contribution in [2.75, 3.05) is 39.8 Å². The number of nitrogens with one attached hydrogen (secondary N) is 1. The first-order valence-electron chi connectivity index (χ1n) is 9.06. The molecule has 0 aromatic heterocycles. The van der Waals surface area contributed by atoms with Crippen molar-refractivity contribution in [3.05, 3.63) is 0 Å². The molecule has 4 heteroatoms. The normalized spacial score (nSPS) is 34.1. The van der Waals surface area contributed by atoms with Gasteiger partial charge >= 0.3 is 0 Å². The third kappa shape index (κ3) is 4.65. The number of likely N-dealkylation sites (tertiary alicyclic amines) is 1. The number of ether oxygens (including phenoxy) is 1.